The zero-order chi connectivity index (χ0) is 12.2. The quantitative estimate of drug-likeness (QED) is 0.726. The van der Waals surface area contributed by atoms with Gasteiger partial charge >= 0.3 is 5.97 Å². The Balaban J connectivity index is 2.73. The standard InChI is InChI=1S/C13H25NO2/c1-4-11-6-5-8-13(9-7-11,12(15)16)14-10(2)3/h10-11,14H,4-9H2,1-3H3,(H,15,16). The van der Waals surface area contributed by atoms with Crippen LogP contribution >= 0.6 is 0 Å². The molecule has 16 heavy (non-hydrogen) atoms. The molecule has 0 amide bonds. The molecule has 3 heteroatoms. The van der Waals surface area contributed by atoms with Crippen molar-refractivity contribution in [2.24, 2.45) is 5.92 Å². The van der Waals surface area contributed by atoms with Crippen molar-refractivity contribution in [2.75, 3.05) is 0 Å². The summed E-state index contributed by atoms with van der Waals surface area (Å²) in [5.74, 6) is 0.0492. The van der Waals surface area contributed by atoms with Crippen LogP contribution in [0.3, 0.4) is 0 Å². The van der Waals surface area contributed by atoms with Crippen LogP contribution in [0.25, 0.3) is 0 Å². The van der Waals surface area contributed by atoms with Gasteiger partial charge in [-0.15, -0.1) is 0 Å². The van der Waals surface area contributed by atoms with E-state index < -0.39 is 11.5 Å². The van der Waals surface area contributed by atoms with Gasteiger partial charge in [-0.25, -0.2) is 0 Å². The maximum absolute atomic E-state index is 11.5. The molecule has 1 fully saturated rings. The van der Waals surface area contributed by atoms with Crippen molar-refractivity contribution < 1.29 is 9.90 Å². The summed E-state index contributed by atoms with van der Waals surface area (Å²) in [4.78, 5) is 11.5. The van der Waals surface area contributed by atoms with Gasteiger partial charge in [-0.1, -0.05) is 26.2 Å². The van der Waals surface area contributed by atoms with E-state index in [9.17, 15) is 9.90 Å². The summed E-state index contributed by atoms with van der Waals surface area (Å²) in [7, 11) is 0. The molecule has 94 valence electrons. The summed E-state index contributed by atoms with van der Waals surface area (Å²) < 4.78 is 0. The minimum absolute atomic E-state index is 0.231. The average Bonchev–Trinajstić information content (AvgIpc) is 2.40. The Morgan fingerprint density at radius 1 is 1.44 bits per heavy atom. The van der Waals surface area contributed by atoms with E-state index in [4.69, 9.17) is 0 Å². The van der Waals surface area contributed by atoms with Gasteiger partial charge in [-0.2, -0.15) is 0 Å². The molecule has 3 nitrogen and oxygen atoms in total. The zero-order valence-electron chi connectivity index (χ0n) is 10.8. The van der Waals surface area contributed by atoms with E-state index in [-0.39, 0.29) is 6.04 Å². The fourth-order valence-corrected chi connectivity index (χ4v) is 2.79. The molecule has 2 unspecified atom stereocenters. The Morgan fingerprint density at radius 2 is 2.12 bits per heavy atom. The van der Waals surface area contributed by atoms with E-state index in [2.05, 4.69) is 12.2 Å². The molecule has 0 aromatic rings. The van der Waals surface area contributed by atoms with Crippen molar-refractivity contribution in [1.29, 1.82) is 0 Å². The lowest BCUT2D eigenvalue weighted by Gasteiger charge is -2.31. The van der Waals surface area contributed by atoms with Crippen LogP contribution in [0.4, 0.5) is 0 Å². The van der Waals surface area contributed by atoms with Crippen LogP contribution in [-0.2, 0) is 4.79 Å². The molecule has 0 aromatic carbocycles. The third kappa shape index (κ3) is 3.21. The van der Waals surface area contributed by atoms with Gasteiger partial charge in [0, 0.05) is 6.04 Å². The smallest absolute Gasteiger partial charge is 0.323 e. The van der Waals surface area contributed by atoms with Gasteiger partial charge in [0.05, 0.1) is 0 Å². The lowest BCUT2D eigenvalue weighted by Crippen LogP contribution is -2.54. The third-order valence-corrected chi connectivity index (χ3v) is 3.75. The SMILES string of the molecule is CCC1CCCC(NC(C)C)(C(=O)O)CC1. The van der Waals surface area contributed by atoms with E-state index in [1.54, 1.807) is 0 Å². The van der Waals surface area contributed by atoms with Crippen molar-refractivity contribution in [3.8, 4) is 0 Å². The van der Waals surface area contributed by atoms with Crippen LogP contribution in [0.2, 0.25) is 0 Å². The Hall–Kier alpha value is -0.570. The second-order valence-electron chi connectivity index (χ2n) is 5.39. The number of nitrogens with one attached hydrogen (secondary N) is 1. The van der Waals surface area contributed by atoms with Crippen LogP contribution < -0.4 is 5.32 Å². The number of carbonyl (C=O) groups is 1. The highest BCUT2D eigenvalue weighted by Crippen LogP contribution is 2.32. The Bertz CT molecular complexity index is 240. The van der Waals surface area contributed by atoms with Gasteiger partial charge in [0.25, 0.3) is 0 Å². The largest absolute Gasteiger partial charge is 0.480 e. The first-order valence-corrected chi connectivity index (χ1v) is 6.51. The molecule has 0 heterocycles. The fourth-order valence-electron chi connectivity index (χ4n) is 2.79. The molecular weight excluding hydrogens is 202 g/mol. The van der Waals surface area contributed by atoms with Crippen LogP contribution in [0.15, 0.2) is 0 Å². The van der Waals surface area contributed by atoms with Crippen molar-refractivity contribution in [3.63, 3.8) is 0 Å². The lowest BCUT2D eigenvalue weighted by atomic mass is 9.88. The molecule has 2 atom stereocenters. The number of hydrogen-bond acceptors (Lipinski definition) is 2. The monoisotopic (exact) mass is 227 g/mol. The van der Waals surface area contributed by atoms with Crippen molar-refractivity contribution >= 4 is 5.97 Å². The fraction of sp³-hybridized carbons (Fsp3) is 0.923. The predicted octanol–water partition coefficient (Wildman–Crippen LogP) is 2.80. The minimum Gasteiger partial charge on any atom is -0.480 e. The maximum atomic E-state index is 11.5. The van der Waals surface area contributed by atoms with Gasteiger partial charge in [-0.3, -0.25) is 10.1 Å². The highest BCUT2D eigenvalue weighted by molar-refractivity contribution is 5.78. The Kier molecular flexibility index (Phi) is 4.78. The molecule has 1 aliphatic rings. The summed E-state index contributed by atoms with van der Waals surface area (Å²) >= 11 is 0. The van der Waals surface area contributed by atoms with Gasteiger partial charge in [0.1, 0.15) is 5.54 Å². The Labute approximate surface area is 98.6 Å². The molecule has 1 rings (SSSR count). The predicted molar refractivity (Wildman–Crippen MR) is 65.5 cm³/mol. The molecule has 0 aromatic heterocycles. The number of hydrogen-bond donors (Lipinski definition) is 2. The minimum atomic E-state index is -0.669. The van der Waals surface area contributed by atoms with Crippen molar-refractivity contribution in [3.05, 3.63) is 0 Å². The Morgan fingerprint density at radius 3 is 2.62 bits per heavy atom. The first-order chi connectivity index (χ1) is 7.50. The molecule has 2 N–H and O–H groups in total. The van der Waals surface area contributed by atoms with E-state index in [0.29, 0.717) is 0 Å². The molecule has 0 saturated heterocycles. The second-order valence-corrected chi connectivity index (χ2v) is 5.39. The van der Waals surface area contributed by atoms with Gasteiger partial charge in [-0.05, 0) is 39.0 Å². The summed E-state index contributed by atoms with van der Waals surface area (Å²) in [5.41, 5.74) is -0.669. The van der Waals surface area contributed by atoms with E-state index in [1.165, 1.54) is 12.8 Å². The zero-order valence-corrected chi connectivity index (χ0v) is 10.8. The summed E-state index contributed by atoms with van der Waals surface area (Å²) in [5, 5.41) is 12.7. The molecule has 0 spiro atoms. The first-order valence-electron chi connectivity index (χ1n) is 6.51. The number of rotatable bonds is 4. The molecule has 0 bridgehead atoms. The number of carboxylic acids is 1. The van der Waals surface area contributed by atoms with Gasteiger partial charge < -0.3 is 5.11 Å². The summed E-state index contributed by atoms with van der Waals surface area (Å²) in [6.45, 7) is 6.24. The second kappa shape index (κ2) is 5.67. The van der Waals surface area contributed by atoms with Crippen LogP contribution in [0.5, 0.6) is 0 Å². The van der Waals surface area contributed by atoms with Gasteiger partial charge in [0.15, 0.2) is 0 Å². The lowest BCUT2D eigenvalue weighted by molar-refractivity contribution is -0.146. The highest BCUT2D eigenvalue weighted by atomic mass is 16.4. The highest BCUT2D eigenvalue weighted by Gasteiger charge is 2.39. The van der Waals surface area contributed by atoms with Crippen LogP contribution in [-0.4, -0.2) is 22.7 Å². The number of aliphatic carboxylic acids is 1. The molecule has 1 aliphatic carbocycles. The van der Waals surface area contributed by atoms with Gasteiger partial charge in [0.2, 0.25) is 0 Å². The maximum Gasteiger partial charge on any atom is 0.323 e. The summed E-state index contributed by atoms with van der Waals surface area (Å²) in [6, 6.07) is 0.231. The molecule has 0 aliphatic heterocycles. The summed E-state index contributed by atoms with van der Waals surface area (Å²) in [6.07, 6.45) is 5.99. The van der Waals surface area contributed by atoms with E-state index in [1.807, 2.05) is 13.8 Å². The van der Waals surface area contributed by atoms with E-state index >= 15 is 0 Å². The van der Waals surface area contributed by atoms with Crippen LogP contribution in [0.1, 0.15) is 59.3 Å². The van der Waals surface area contributed by atoms with E-state index in [0.717, 1.165) is 31.6 Å². The molecule has 0 radical (unpaired) electrons. The molecular formula is C13H25NO2. The first kappa shape index (κ1) is 13.5. The topological polar surface area (TPSA) is 49.3 Å². The number of carboxylic acid groups (broad SMARTS) is 1. The normalized spacial score (nSPS) is 31.4. The average molecular weight is 227 g/mol. The third-order valence-electron chi connectivity index (χ3n) is 3.75. The molecule has 1 saturated carbocycles. The van der Waals surface area contributed by atoms with Crippen molar-refractivity contribution in [1.82, 2.24) is 5.32 Å². The van der Waals surface area contributed by atoms with Crippen LogP contribution in [0, 0.1) is 5.92 Å². The van der Waals surface area contributed by atoms with Crippen molar-refractivity contribution in [2.45, 2.75) is 70.9 Å².